The zero-order chi connectivity index (χ0) is 18.7. The van der Waals surface area contributed by atoms with Crippen molar-refractivity contribution in [1.29, 1.82) is 0 Å². The third-order valence-electron chi connectivity index (χ3n) is 4.79. The molecule has 26 heavy (non-hydrogen) atoms. The van der Waals surface area contributed by atoms with Gasteiger partial charge >= 0.3 is 0 Å². The van der Waals surface area contributed by atoms with E-state index in [9.17, 15) is 18.0 Å². The van der Waals surface area contributed by atoms with Crippen molar-refractivity contribution in [3.63, 3.8) is 0 Å². The molecule has 7 nitrogen and oxygen atoms in total. The molecule has 1 unspecified atom stereocenters. The monoisotopic (exact) mass is 380 g/mol. The summed E-state index contributed by atoms with van der Waals surface area (Å²) in [6.07, 6.45) is 2.00. The van der Waals surface area contributed by atoms with Crippen LogP contribution in [-0.4, -0.2) is 57.2 Å². The van der Waals surface area contributed by atoms with Crippen molar-refractivity contribution in [2.24, 2.45) is 5.92 Å². The Morgan fingerprint density at radius 1 is 1.27 bits per heavy atom. The van der Waals surface area contributed by atoms with Gasteiger partial charge < -0.3 is 9.64 Å². The van der Waals surface area contributed by atoms with Crippen LogP contribution in [0.25, 0.3) is 0 Å². The number of anilines is 1. The second kappa shape index (κ2) is 7.75. The maximum atomic E-state index is 12.7. The van der Waals surface area contributed by atoms with Crippen LogP contribution >= 0.6 is 0 Å². The molecule has 8 heteroatoms. The molecule has 0 radical (unpaired) electrons. The smallest absolute Gasteiger partial charge is 0.253 e. The number of sulfonamides is 1. The highest BCUT2D eigenvalue weighted by Crippen LogP contribution is 2.26. The minimum atomic E-state index is -3.58. The Morgan fingerprint density at radius 2 is 2.00 bits per heavy atom. The topological polar surface area (TPSA) is 84.0 Å². The summed E-state index contributed by atoms with van der Waals surface area (Å²) in [4.78, 5) is 26.4. The summed E-state index contributed by atoms with van der Waals surface area (Å²) in [5, 5.41) is 0. The Hall–Kier alpha value is -1.93. The van der Waals surface area contributed by atoms with Gasteiger partial charge in [-0.3, -0.25) is 9.59 Å². The molecule has 3 rings (SSSR count). The lowest BCUT2D eigenvalue weighted by molar-refractivity contribution is -0.116. The summed E-state index contributed by atoms with van der Waals surface area (Å²) in [7, 11) is -3.58. The number of carbonyl (C=O) groups is 2. The Balaban J connectivity index is 1.70. The van der Waals surface area contributed by atoms with Crippen molar-refractivity contribution in [1.82, 2.24) is 4.90 Å². The Labute approximate surface area is 154 Å². The summed E-state index contributed by atoms with van der Waals surface area (Å²) in [6, 6.07) is 6.22. The van der Waals surface area contributed by atoms with Crippen LogP contribution in [0.4, 0.5) is 5.69 Å². The molecule has 0 N–H and O–H groups in total. The summed E-state index contributed by atoms with van der Waals surface area (Å²) < 4.78 is 30.3. The largest absolute Gasteiger partial charge is 0.381 e. The van der Waals surface area contributed by atoms with Crippen LogP contribution in [0.3, 0.4) is 0 Å². The number of ether oxygens (including phenoxy) is 1. The molecular formula is C18H24N2O5S. The fourth-order valence-electron chi connectivity index (χ4n) is 3.46. The molecule has 0 spiro atoms. The average Bonchev–Trinajstić information content (AvgIpc) is 2.92. The molecule has 0 aliphatic carbocycles. The van der Waals surface area contributed by atoms with Crippen molar-refractivity contribution in [3.8, 4) is 0 Å². The van der Waals surface area contributed by atoms with E-state index < -0.39 is 15.9 Å². The standard InChI is InChI=1S/C18H24N2O5S/c1-2-25-13-14-4-3-10-19(12-14)18(22)15-5-7-16(8-6-15)20-17(21)9-11-26(20,23)24/h5-8,14H,2-4,9-13H2,1H3. The van der Waals surface area contributed by atoms with Crippen LogP contribution in [0.5, 0.6) is 0 Å². The average molecular weight is 380 g/mol. The van der Waals surface area contributed by atoms with E-state index in [-0.39, 0.29) is 23.8 Å². The third kappa shape index (κ3) is 3.91. The minimum Gasteiger partial charge on any atom is -0.381 e. The molecule has 0 bridgehead atoms. The van der Waals surface area contributed by atoms with Crippen LogP contribution in [-0.2, 0) is 19.6 Å². The summed E-state index contributed by atoms with van der Waals surface area (Å²) >= 11 is 0. The molecule has 2 heterocycles. The SMILES string of the molecule is CCOCC1CCCN(C(=O)c2ccc(N3C(=O)CCS3(=O)=O)cc2)C1. The highest BCUT2D eigenvalue weighted by molar-refractivity contribution is 7.94. The number of hydrogen-bond donors (Lipinski definition) is 0. The lowest BCUT2D eigenvalue weighted by Crippen LogP contribution is -2.41. The Kier molecular flexibility index (Phi) is 5.62. The fraction of sp³-hybridized carbons (Fsp3) is 0.556. The van der Waals surface area contributed by atoms with Crippen LogP contribution in [0.15, 0.2) is 24.3 Å². The van der Waals surface area contributed by atoms with E-state index in [0.29, 0.717) is 37.8 Å². The molecule has 0 saturated carbocycles. The Bertz CT molecular complexity index is 775. The van der Waals surface area contributed by atoms with E-state index in [1.807, 2.05) is 11.8 Å². The number of piperidine rings is 1. The second-order valence-electron chi connectivity index (χ2n) is 6.69. The number of nitrogens with zero attached hydrogens (tertiary/aromatic N) is 2. The van der Waals surface area contributed by atoms with Crippen LogP contribution in [0.1, 0.15) is 36.5 Å². The van der Waals surface area contributed by atoms with Gasteiger partial charge in [-0.05, 0) is 49.9 Å². The van der Waals surface area contributed by atoms with Crippen LogP contribution in [0, 0.1) is 5.92 Å². The molecule has 2 saturated heterocycles. The summed E-state index contributed by atoms with van der Waals surface area (Å²) in [5.41, 5.74) is 0.784. The predicted octanol–water partition coefficient (Wildman–Crippen LogP) is 1.64. The van der Waals surface area contributed by atoms with E-state index in [2.05, 4.69) is 0 Å². The predicted molar refractivity (Wildman–Crippen MR) is 97.5 cm³/mol. The molecule has 2 fully saturated rings. The highest BCUT2D eigenvalue weighted by atomic mass is 32.2. The van der Waals surface area contributed by atoms with Gasteiger partial charge in [0.05, 0.1) is 18.0 Å². The molecule has 0 aromatic heterocycles. The van der Waals surface area contributed by atoms with Crippen LogP contribution < -0.4 is 4.31 Å². The summed E-state index contributed by atoms with van der Waals surface area (Å²) in [6.45, 7) is 4.67. The quantitative estimate of drug-likeness (QED) is 0.775. The maximum absolute atomic E-state index is 12.7. The number of amides is 2. The maximum Gasteiger partial charge on any atom is 0.253 e. The molecule has 2 amide bonds. The summed E-state index contributed by atoms with van der Waals surface area (Å²) in [5.74, 6) is -0.326. The molecule has 142 valence electrons. The van der Waals surface area contributed by atoms with Gasteiger partial charge in [-0.25, -0.2) is 12.7 Å². The van der Waals surface area contributed by atoms with Gasteiger partial charge in [-0.2, -0.15) is 0 Å². The third-order valence-corrected chi connectivity index (χ3v) is 6.48. The van der Waals surface area contributed by atoms with Gasteiger partial charge in [-0.1, -0.05) is 0 Å². The van der Waals surface area contributed by atoms with E-state index in [4.69, 9.17) is 4.74 Å². The fourth-order valence-corrected chi connectivity index (χ4v) is 4.92. The van der Waals surface area contributed by atoms with Gasteiger partial charge in [0.25, 0.3) is 5.91 Å². The van der Waals surface area contributed by atoms with Crippen molar-refractivity contribution in [2.45, 2.75) is 26.2 Å². The number of likely N-dealkylation sites (tertiary alicyclic amines) is 1. The van der Waals surface area contributed by atoms with E-state index in [1.165, 1.54) is 12.1 Å². The number of hydrogen-bond acceptors (Lipinski definition) is 5. The first-order chi connectivity index (χ1) is 12.4. The first-order valence-corrected chi connectivity index (χ1v) is 10.6. The Morgan fingerprint density at radius 3 is 2.62 bits per heavy atom. The van der Waals surface area contributed by atoms with E-state index in [0.717, 1.165) is 17.1 Å². The zero-order valence-corrected chi connectivity index (χ0v) is 15.7. The van der Waals surface area contributed by atoms with Gasteiger partial charge in [-0.15, -0.1) is 0 Å². The molecule has 2 aliphatic heterocycles. The van der Waals surface area contributed by atoms with E-state index in [1.54, 1.807) is 12.1 Å². The molecule has 2 aliphatic rings. The van der Waals surface area contributed by atoms with Crippen LogP contribution in [0.2, 0.25) is 0 Å². The zero-order valence-electron chi connectivity index (χ0n) is 14.9. The molecular weight excluding hydrogens is 356 g/mol. The van der Waals surface area contributed by atoms with Gasteiger partial charge in [0, 0.05) is 31.7 Å². The highest BCUT2D eigenvalue weighted by Gasteiger charge is 2.36. The van der Waals surface area contributed by atoms with Crippen molar-refractivity contribution in [3.05, 3.63) is 29.8 Å². The first-order valence-electron chi connectivity index (χ1n) is 8.95. The molecule has 1 aromatic rings. The number of carbonyl (C=O) groups excluding carboxylic acids is 2. The molecule has 1 atom stereocenters. The number of benzene rings is 1. The first kappa shape index (κ1) is 18.8. The second-order valence-corrected chi connectivity index (χ2v) is 8.63. The van der Waals surface area contributed by atoms with Gasteiger partial charge in [0.15, 0.2) is 0 Å². The number of rotatable bonds is 5. The van der Waals surface area contributed by atoms with E-state index >= 15 is 0 Å². The van der Waals surface area contributed by atoms with Crippen molar-refractivity contribution < 1.29 is 22.7 Å². The molecule has 1 aromatic carbocycles. The lowest BCUT2D eigenvalue weighted by Gasteiger charge is -2.32. The minimum absolute atomic E-state index is 0.00197. The van der Waals surface area contributed by atoms with Gasteiger partial charge in [0.2, 0.25) is 15.9 Å². The van der Waals surface area contributed by atoms with Crippen molar-refractivity contribution >= 4 is 27.5 Å². The van der Waals surface area contributed by atoms with Gasteiger partial charge in [0.1, 0.15) is 0 Å². The normalized spacial score (nSPS) is 22.7. The van der Waals surface area contributed by atoms with Crippen molar-refractivity contribution in [2.75, 3.05) is 36.4 Å². The lowest BCUT2D eigenvalue weighted by atomic mass is 9.98.